The van der Waals surface area contributed by atoms with Crippen LogP contribution in [0.5, 0.6) is 11.5 Å². The second kappa shape index (κ2) is 5.95. The van der Waals surface area contributed by atoms with Crippen LogP contribution in [0, 0.1) is 0 Å². The first-order valence-corrected chi connectivity index (χ1v) is 6.91. The van der Waals surface area contributed by atoms with Gasteiger partial charge in [-0.15, -0.1) is 0 Å². The molecule has 0 amide bonds. The molecular weight excluding hydrogens is 262 g/mol. The Balaban J connectivity index is 2.09. The Hall–Kier alpha value is -2.36. The smallest absolute Gasteiger partial charge is 0.135 e. The first-order valence-electron chi connectivity index (χ1n) is 6.91. The van der Waals surface area contributed by atoms with Gasteiger partial charge in [-0.3, -0.25) is 0 Å². The number of aliphatic hydroxyl groups excluding tert-OH is 1. The molecule has 106 valence electrons. The van der Waals surface area contributed by atoms with Crippen molar-refractivity contribution in [2.75, 3.05) is 0 Å². The summed E-state index contributed by atoms with van der Waals surface area (Å²) in [5.74, 6) is 1.44. The molecule has 3 rings (SSSR count). The highest BCUT2D eigenvalue weighted by atomic mass is 16.5. The fraction of sp³-hybridized carbons (Fsp3) is 0.111. The second-order valence-corrected chi connectivity index (χ2v) is 4.84. The van der Waals surface area contributed by atoms with Crippen LogP contribution < -0.4 is 10.5 Å². The van der Waals surface area contributed by atoms with Crippen LogP contribution in [0.3, 0.4) is 0 Å². The molecule has 0 aromatic heterocycles. The maximum absolute atomic E-state index is 9.40. The Bertz CT molecular complexity index is 768. The highest BCUT2D eigenvalue weighted by Crippen LogP contribution is 2.33. The van der Waals surface area contributed by atoms with Gasteiger partial charge < -0.3 is 15.6 Å². The molecular formula is C18H17NO2. The van der Waals surface area contributed by atoms with E-state index in [4.69, 9.17) is 10.5 Å². The van der Waals surface area contributed by atoms with E-state index >= 15 is 0 Å². The minimum atomic E-state index is -0.0466. The monoisotopic (exact) mass is 279 g/mol. The van der Waals surface area contributed by atoms with Crippen molar-refractivity contribution in [2.45, 2.75) is 13.2 Å². The van der Waals surface area contributed by atoms with E-state index in [2.05, 4.69) is 0 Å². The standard InChI is InChI=1S/C18H17NO2/c19-11-13-9-10-18(16-7-3-2-6-15(13)16)21-17-8-4-1-5-14(17)12-20/h1-10,20H,11-12,19H2. The number of aliphatic hydroxyl groups is 1. The van der Waals surface area contributed by atoms with Gasteiger partial charge in [0, 0.05) is 17.5 Å². The lowest BCUT2D eigenvalue weighted by Crippen LogP contribution is -1.98. The number of hydrogen-bond donors (Lipinski definition) is 2. The van der Waals surface area contributed by atoms with Gasteiger partial charge in [0.1, 0.15) is 11.5 Å². The zero-order chi connectivity index (χ0) is 14.7. The molecule has 3 N–H and O–H groups in total. The summed E-state index contributed by atoms with van der Waals surface area (Å²) in [6.45, 7) is 0.447. The Morgan fingerprint density at radius 1 is 0.762 bits per heavy atom. The van der Waals surface area contributed by atoms with Gasteiger partial charge in [-0.25, -0.2) is 0 Å². The predicted molar refractivity (Wildman–Crippen MR) is 84.3 cm³/mol. The molecule has 0 aliphatic heterocycles. The van der Waals surface area contributed by atoms with E-state index in [0.717, 1.165) is 27.6 Å². The van der Waals surface area contributed by atoms with Gasteiger partial charge in [0.15, 0.2) is 0 Å². The molecule has 0 fully saturated rings. The molecule has 0 aliphatic carbocycles. The summed E-state index contributed by atoms with van der Waals surface area (Å²) in [6, 6.07) is 19.4. The minimum absolute atomic E-state index is 0.0466. The molecule has 0 aliphatic rings. The van der Waals surface area contributed by atoms with Crippen LogP contribution in [0.4, 0.5) is 0 Å². The predicted octanol–water partition coefficient (Wildman–Crippen LogP) is 3.58. The lowest BCUT2D eigenvalue weighted by Gasteiger charge is -2.13. The van der Waals surface area contributed by atoms with E-state index in [1.54, 1.807) is 0 Å². The lowest BCUT2D eigenvalue weighted by molar-refractivity contribution is 0.276. The normalized spacial score (nSPS) is 10.8. The minimum Gasteiger partial charge on any atom is -0.456 e. The van der Waals surface area contributed by atoms with E-state index in [-0.39, 0.29) is 6.61 Å². The summed E-state index contributed by atoms with van der Waals surface area (Å²) in [7, 11) is 0. The van der Waals surface area contributed by atoms with Crippen molar-refractivity contribution < 1.29 is 9.84 Å². The van der Waals surface area contributed by atoms with E-state index in [1.165, 1.54) is 0 Å². The molecule has 3 heteroatoms. The molecule has 3 aromatic rings. The number of fused-ring (bicyclic) bond motifs is 1. The van der Waals surface area contributed by atoms with Crippen molar-refractivity contribution in [3.63, 3.8) is 0 Å². The molecule has 3 nitrogen and oxygen atoms in total. The Morgan fingerprint density at radius 3 is 2.24 bits per heavy atom. The summed E-state index contributed by atoms with van der Waals surface area (Å²) < 4.78 is 6.01. The first-order chi connectivity index (χ1) is 10.3. The van der Waals surface area contributed by atoms with Gasteiger partial charge in [-0.2, -0.15) is 0 Å². The third-order valence-electron chi connectivity index (χ3n) is 3.56. The number of para-hydroxylation sites is 1. The van der Waals surface area contributed by atoms with Crippen LogP contribution in [0.1, 0.15) is 11.1 Å². The molecule has 21 heavy (non-hydrogen) atoms. The molecule has 0 heterocycles. The highest BCUT2D eigenvalue weighted by Gasteiger charge is 2.08. The molecule has 0 saturated heterocycles. The molecule has 3 aromatic carbocycles. The lowest BCUT2D eigenvalue weighted by atomic mass is 10.0. The third kappa shape index (κ3) is 2.61. The van der Waals surface area contributed by atoms with Crippen molar-refractivity contribution in [1.82, 2.24) is 0 Å². The van der Waals surface area contributed by atoms with E-state index in [9.17, 15) is 5.11 Å². The van der Waals surface area contributed by atoms with Gasteiger partial charge in [0.25, 0.3) is 0 Å². The van der Waals surface area contributed by atoms with Crippen LogP contribution in [0.2, 0.25) is 0 Å². The summed E-state index contributed by atoms with van der Waals surface area (Å²) in [6.07, 6.45) is 0. The second-order valence-electron chi connectivity index (χ2n) is 4.84. The van der Waals surface area contributed by atoms with Crippen LogP contribution in [0.15, 0.2) is 60.7 Å². The van der Waals surface area contributed by atoms with Crippen LogP contribution >= 0.6 is 0 Å². The maximum Gasteiger partial charge on any atom is 0.135 e. The topological polar surface area (TPSA) is 55.5 Å². The summed E-state index contributed by atoms with van der Waals surface area (Å²) in [5, 5.41) is 11.5. The largest absolute Gasteiger partial charge is 0.456 e. The number of benzene rings is 3. The van der Waals surface area contributed by atoms with Crippen molar-refractivity contribution in [2.24, 2.45) is 5.73 Å². The van der Waals surface area contributed by atoms with Crippen molar-refractivity contribution in [3.05, 3.63) is 71.8 Å². The Labute approximate surface area is 123 Å². The molecule has 0 unspecified atom stereocenters. The zero-order valence-corrected chi connectivity index (χ0v) is 11.6. The molecule has 0 radical (unpaired) electrons. The van der Waals surface area contributed by atoms with Gasteiger partial charge in [0.05, 0.1) is 6.61 Å². The van der Waals surface area contributed by atoms with Crippen LogP contribution in [-0.4, -0.2) is 5.11 Å². The number of hydrogen-bond acceptors (Lipinski definition) is 3. The molecule has 0 bridgehead atoms. The maximum atomic E-state index is 9.40. The van der Waals surface area contributed by atoms with Gasteiger partial charge >= 0.3 is 0 Å². The van der Waals surface area contributed by atoms with Crippen LogP contribution in [0.25, 0.3) is 10.8 Å². The molecule has 0 atom stereocenters. The van der Waals surface area contributed by atoms with Crippen molar-refractivity contribution in [3.8, 4) is 11.5 Å². The fourth-order valence-corrected chi connectivity index (χ4v) is 2.45. The van der Waals surface area contributed by atoms with Gasteiger partial charge in [-0.05, 0) is 23.1 Å². The SMILES string of the molecule is NCc1ccc(Oc2ccccc2CO)c2ccccc12. The molecule has 0 saturated carbocycles. The third-order valence-corrected chi connectivity index (χ3v) is 3.56. The average Bonchev–Trinajstić information content (AvgIpc) is 2.55. The molecule has 0 spiro atoms. The van der Waals surface area contributed by atoms with Crippen molar-refractivity contribution >= 4 is 10.8 Å². The number of rotatable bonds is 4. The summed E-state index contributed by atoms with van der Waals surface area (Å²) in [5.41, 5.74) is 7.65. The van der Waals surface area contributed by atoms with Gasteiger partial charge in [0.2, 0.25) is 0 Å². The van der Waals surface area contributed by atoms with E-state index in [0.29, 0.717) is 12.3 Å². The first kappa shape index (κ1) is 13.6. The van der Waals surface area contributed by atoms with Crippen molar-refractivity contribution in [1.29, 1.82) is 0 Å². The summed E-state index contributed by atoms with van der Waals surface area (Å²) >= 11 is 0. The highest BCUT2D eigenvalue weighted by molar-refractivity contribution is 5.91. The number of ether oxygens (including phenoxy) is 1. The van der Waals surface area contributed by atoms with E-state index < -0.39 is 0 Å². The fourth-order valence-electron chi connectivity index (χ4n) is 2.45. The average molecular weight is 279 g/mol. The Morgan fingerprint density at radius 2 is 1.48 bits per heavy atom. The van der Waals surface area contributed by atoms with Gasteiger partial charge in [-0.1, -0.05) is 48.5 Å². The quantitative estimate of drug-likeness (QED) is 0.767. The summed E-state index contributed by atoms with van der Waals surface area (Å²) in [4.78, 5) is 0. The number of nitrogens with two attached hydrogens (primary N) is 1. The van der Waals surface area contributed by atoms with E-state index in [1.807, 2.05) is 60.7 Å². The zero-order valence-electron chi connectivity index (χ0n) is 11.6. The Kier molecular flexibility index (Phi) is 3.86. The van der Waals surface area contributed by atoms with Crippen LogP contribution in [-0.2, 0) is 13.2 Å².